The van der Waals surface area contributed by atoms with E-state index in [1.54, 1.807) is 12.1 Å². The molecule has 2 aromatic carbocycles. The highest BCUT2D eigenvalue weighted by Gasteiger charge is 2.26. The van der Waals surface area contributed by atoms with Crippen LogP contribution in [0, 0.1) is 11.6 Å². The molecule has 2 aromatic rings. The van der Waals surface area contributed by atoms with E-state index in [1.807, 2.05) is 6.07 Å². The third-order valence-electron chi connectivity index (χ3n) is 3.70. The third kappa shape index (κ3) is 2.85. The molecule has 118 valence electrons. The van der Waals surface area contributed by atoms with Crippen molar-refractivity contribution in [1.29, 1.82) is 0 Å². The van der Waals surface area contributed by atoms with Crippen LogP contribution < -0.4 is 11.5 Å². The van der Waals surface area contributed by atoms with Gasteiger partial charge in [-0.3, -0.25) is 0 Å². The molecule has 1 aliphatic heterocycles. The molecule has 0 aromatic heterocycles. The van der Waals surface area contributed by atoms with E-state index < -0.39 is 17.7 Å². The summed E-state index contributed by atoms with van der Waals surface area (Å²) in [4.78, 5) is 16.9. The maximum Gasteiger partial charge on any atom is 0.347 e. The van der Waals surface area contributed by atoms with Crippen molar-refractivity contribution in [3.05, 3.63) is 59.2 Å². The number of carbonyl (C=O) groups excluding carboxylic acids is 1. The van der Waals surface area contributed by atoms with Crippen LogP contribution >= 0.6 is 0 Å². The Morgan fingerprint density at radius 1 is 1.09 bits per heavy atom. The summed E-state index contributed by atoms with van der Waals surface area (Å²) in [5.74, 6) is -1.59. The smallest absolute Gasteiger partial charge is 0.347 e. The first kappa shape index (κ1) is 15.0. The van der Waals surface area contributed by atoms with E-state index in [0.29, 0.717) is 17.7 Å². The normalized spacial score (nSPS) is 12.9. The monoisotopic (exact) mass is 316 g/mol. The second-order valence-electron chi connectivity index (χ2n) is 5.24. The Hall–Kier alpha value is -2.96. The van der Waals surface area contributed by atoms with Gasteiger partial charge in [0.2, 0.25) is 0 Å². The average Bonchev–Trinajstić information content (AvgIpc) is 2.91. The Kier molecular flexibility index (Phi) is 3.69. The zero-order valence-corrected chi connectivity index (χ0v) is 12.1. The van der Waals surface area contributed by atoms with Gasteiger partial charge < -0.3 is 16.4 Å². The average molecular weight is 316 g/mol. The standard InChI is InChI=1S/C16H14F2N4O/c17-10-4-5-12(14(18)6-10)11-3-1-2-9-7-22(8-13(9)11)16(23)21-15(19)20/h1-6H,7-8H2,(H4,19,20,21,23). The lowest BCUT2D eigenvalue weighted by molar-refractivity contribution is 0.209. The summed E-state index contributed by atoms with van der Waals surface area (Å²) in [7, 11) is 0. The van der Waals surface area contributed by atoms with E-state index in [-0.39, 0.29) is 12.5 Å². The predicted octanol–water partition coefficient (Wildman–Crippen LogP) is 2.34. The predicted molar refractivity (Wildman–Crippen MR) is 82.2 cm³/mol. The summed E-state index contributed by atoms with van der Waals surface area (Å²) in [6.07, 6.45) is 0. The molecule has 23 heavy (non-hydrogen) atoms. The minimum absolute atomic E-state index is 0.262. The molecule has 0 spiro atoms. The summed E-state index contributed by atoms with van der Waals surface area (Å²) < 4.78 is 27.2. The number of fused-ring (bicyclic) bond motifs is 1. The molecular formula is C16H14F2N4O. The molecule has 0 unspecified atom stereocenters. The van der Waals surface area contributed by atoms with Crippen LogP contribution in [-0.4, -0.2) is 16.9 Å². The van der Waals surface area contributed by atoms with Gasteiger partial charge in [-0.15, -0.1) is 0 Å². The van der Waals surface area contributed by atoms with Crippen LogP contribution in [0.1, 0.15) is 11.1 Å². The van der Waals surface area contributed by atoms with Gasteiger partial charge in [0.1, 0.15) is 11.6 Å². The molecule has 0 fully saturated rings. The lowest BCUT2D eigenvalue weighted by Crippen LogP contribution is -2.29. The van der Waals surface area contributed by atoms with Gasteiger partial charge in [-0.2, -0.15) is 4.99 Å². The number of nitrogens with two attached hydrogens (primary N) is 2. The largest absolute Gasteiger partial charge is 0.370 e. The van der Waals surface area contributed by atoms with Gasteiger partial charge in [-0.25, -0.2) is 13.6 Å². The van der Waals surface area contributed by atoms with Crippen molar-refractivity contribution in [2.24, 2.45) is 16.5 Å². The van der Waals surface area contributed by atoms with Crippen molar-refractivity contribution in [3.63, 3.8) is 0 Å². The number of guanidine groups is 1. The highest BCUT2D eigenvalue weighted by molar-refractivity contribution is 5.91. The molecular weight excluding hydrogens is 302 g/mol. The first-order valence-electron chi connectivity index (χ1n) is 6.90. The van der Waals surface area contributed by atoms with Gasteiger partial charge in [-0.1, -0.05) is 18.2 Å². The van der Waals surface area contributed by atoms with Crippen LogP contribution in [0.3, 0.4) is 0 Å². The number of urea groups is 1. The van der Waals surface area contributed by atoms with E-state index in [9.17, 15) is 13.6 Å². The molecule has 1 aliphatic rings. The van der Waals surface area contributed by atoms with Crippen LogP contribution in [-0.2, 0) is 13.1 Å². The fourth-order valence-corrected chi connectivity index (χ4v) is 2.70. The molecule has 5 nitrogen and oxygen atoms in total. The molecule has 3 rings (SSSR count). The quantitative estimate of drug-likeness (QED) is 0.625. The Labute approximate surface area is 131 Å². The number of amides is 2. The van der Waals surface area contributed by atoms with Gasteiger partial charge in [0, 0.05) is 24.7 Å². The molecule has 0 atom stereocenters. The molecule has 1 heterocycles. The van der Waals surface area contributed by atoms with Crippen molar-refractivity contribution in [2.75, 3.05) is 0 Å². The SMILES string of the molecule is NC(N)=NC(=O)N1Cc2cccc(-c3ccc(F)cc3F)c2C1. The summed E-state index contributed by atoms with van der Waals surface area (Å²) in [6.45, 7) is 0.597. The molecule has 0 radical (unpaired) electrons. The lowest BCUT2D eigenvalue weighted by Gasteiger charge is -2.12. The van der Waals surface area contributed by atoms with Crippen molar-refractivity contribution in [1.82, 2.24) is 4.90 Å². The zero-order chi connectivity index (χ0) is 16.6. The van der Waals surface area contributed by atoms with Crippen molar-refractivity contribution in [2.45, 2.75) is 13.1 Å². The fourth-order valence-electron chi connectivity index (χ4n) is 2.70. The van der Waals surface area contributed by atoms with Crippen LogP contribution in [0.5, 0.6) is 0 Å². The van der Waals surface area contributed by atoms with E-state index in [0.717, 1.165) is 17.2 Å². The minimum atomic E-state index is -0.646. The Bertz CT molecular complexity index is 816. The molecule has 0 saturated heterocycles. The van der Waals surface area contributed by atoms with E-state index in [2.05, 4.69) is 4.99 Å². The number of hydrogen-bond donors (Lipinski definition) is 2. The van der Waals surface area contributed by atoms with Gasteiger partial charge in [0.15, 0.2) is 5.96 Å². The number of hydrogen-bond acceptors (Lipinski definition) is 1. The lowest BCUT2D eigenvalue weighted by atomic mass is 9.97. The van der Waals surface area contributed by atoms with Gasteiger partial charge in [-0.05, 0) is 28.8 Å². The molecule has 0 bridgehead atoms. The second-order valence-corrected chi connectivity index (χ2v) is 5.24. The van der Waals surface area contributed by atoms with Crippen molar-refractivity contribution >= 4 is 12.0 Å². The van der Waals surface area contributed by atoms with Gasteiger partial charge >= 0.3 is 6.03 Å². The van der Waals surface area contributed by atoms with Gasteiger partial charge in [0.05, 0.1) is 0 Å². The third-order valence-corrected chi connectivity index (χ3v) is 3.70. The maximum atomic E-state index is 14.1. The minimum Gasteiger partial charge on any atom is -0.370 e. The fraction of sp³-hybridized carbons (Fsp3) is 0.125. The summed E-state index contributed by atoms with van der Waals surface area (Å²) in [5, 5.41) is 0. The zero-order valence-electron chi connectivity index (χ0n) is 12.1. The van der Waals surface area contributed by atoms with Gasteiger partial charge in [0.25, 0.3) is 0 Å². The molecule has 7 heteroatoms. The molecule has 2 amide bonds. The van der Waals surface area contributed by atoms with E-state index >= 15 is 0 Å². The van der Waals surface area contributed by atoms with Crippen LogP contribution in [0.25, 0.3) is 11.1 Å². The highest BCUT2D eigenvalue weighted by Crippen LogP contribution is 2.34. The number of halogens is 2. The van der Waals surface area contributed by atoms with Crippen LogP contribution in [0.2, 0.25) is 0 Å². The van der Waals surface area contributed by atoms with Crippen LogP contribution in [0.15, 0.2) is 41.4 Å². The number of rotatable bonds is 1. The van der Waals surface area contributed by atoms with Crippen molar-refractivity contribution < 1.29 is 13.6 Å². The number of nitrogens with zero attached hydrogens (tertiary/aromatic N) is 2. The first-order chi connectivity index (χ1) is 11.0. The molecule has 4 N–H and O–H groups in total. The summed E-state index contributed by atoms with van der Waals surface area (Å²) >= 11 is 0. The Balaban J connectivity index is 1.99. The highest BCUT2D eigenvalue weighted by atomic mass is 19.1. The number of benzene rings is 2. The van der Waals surface area contributed by atoms with E-state index in [4.69, 9.17) is 11.5 Å². The summed E-state index contributed by atoms with van der Waals surface area (Å²) in [5.41, 5.74) is 13.0. The van der Waals surface area contributed by atoms with E-state index in [1.165, 1.54) is 17.0 Å². The molecule has 0 saturated carbocycles. The Morgan fingerprint density at radius 2 is 1.87 bits per heavy atom. The second kappa shape index (κ2) is 5.68. The van der Waals surface area contributed by atoms with Crippen molar-refractivity contribution in [3.8, 4) is 11.1 Å². The number of carbonyl (C=O) groups is 1. The number of aliphatic imine (C=N–C) groups is 1. The van der Waals surface area contributed by atoms with Crippen LogP contribution in [0.4, 0.5) is 13.6 Å². The first-order valence-corrected chi connectivity index (χ1v) is 6.90. The maximum absolute atomic E-state index is 14.1. The summed E-state index contributed by atoms with van der Waals surface area (Å²) in [6, 6.07) is 8.24. The molecule has 0 aliphatic carbocycles. The Morgan fingerprint density at radius 3 is 2.57 bits per heavy atom. The topological polar surface area (TPSA) is 84.7 Å².